The van der Waals surface area contributed by atoms with Crippen molar-refractivity contribution in [2.24, 2.45) is 0 Å². The molecule has 0 saturated carbocycles. The van der Waals surface area contributed by atoms with Crippen molar-refractivity contribution in [1.82, 2.24) is 10.3 Å². The van der Waals surface area contributed by atoms with Gasteiger partial charge in [0.05, 0.1) is 0 Å². The van der Waals surface area contributed by atoms with E-state index in [2.05, 4.69) is 59.7 Å². The lowest BCUT2D eigenvalue weighted by molar-refractivity contribution is 0.573. The largest absolute Gasteiger partial charge is 0.357 e. The average molecular weight is 355 g/mol. The van der Waals surface area contributed by atoms with Gasteiger partial charge in [0.2, 0.25) is 0 Å². The molecule has 0 amide bonds. The van der Waals surface area contributed by atoms with Crippen molar-refractivity contribution in [1.29, 1.82) is 0 Å². The summed E-state index contributed by atoms with van der Waals surface area (Å²) in [5, 5.41) is 7.00. The molecule has 4 heteroatoms. The average Bonchev–Trinajstić information content (AvgIpc) is 3.01. The van der Waals surface area contributed by atoms with Crippen LogP contribution in [0.3, 0.4) is 0 Å². The predicted molar refractivity (Wildman–Crippen MR) is 105 cm³/mol. The molecule has 25 heavy (non-hydrogen) atoms. The number of H-pyrrole nitrogens is 1. The molecule has 4 rings (SSSR count). The second kappa shape index (κ2) is 7.26. The topological polar surface area (TPSA) is 27.8 Å². The number of halogens is 2. The van der Waals surface area contributed by atoms with Crippen LogP contribution in [0.25, 0.3) is 21.7 Å². The molecule has 0 aliphatic heterocycles. The molecule has 0 spiro atoms. The molecule has 0 aliphatic rings. The minimum absolute atomic E-state index is 0. The van der Waals surface area contributed by atoms with Gasteiger partial charge in [-0.3, -0.25) is 0 Å². The summed E-state index contributed by atoms with van der Waals surface area (Å²) in [5.41, 5.74) is 3.31. The molecule has 128 valence electrons. The third-order valence-electron chi connectivity index (χ3n) is 4.53. The number of fused-ring (bicyclic) bond motifs is 2. The molecule has 3 aromatic carbocycles. The highest BCUT2D eigenvalue weighted by atomic mass is 35.5. The predicted octanol–water partition coefficient (Wildman–Crippen LogP) is 5.73. The zero-order valence-corrected chi connectivity index (χ0v) is 14.7. The summed E-state index contributed by atoms with van der Waals surface area (Å²) in [5.74, 6) is -0.204. The third kappa shape index (κ3) is 3.53. The number of benzene rings is 3. The van der Waals surface area contributed by atoms with Gasteiger partial charge >= 0.3 is 0 Å². The number of nitrogens with one attached hydrogen (secondary N) is 2. The molecule has 0 fully saturated rings. The van der Waals surface area contributed by atoms with Gasteiger partial charge in [0.15, 0.2) is 0 Å². The van der Waals surface area contributed by atoms with Gasteiger partial charge in [0.1, 0.15) is 5.82 Å². The van der Waals surface area contributed by atoms with Crippen molar-refractivity contribution in [3.05, 3.63) is 83.8 Å². The van der Waals surface area contributed by atoms with Gasteiger partial charge < -0.3 is 10.3 Å². The minimum Gasteiger partial charge on any atom is -0.357 e. The number of hydrogen-bond donors (Lipinski definition) is 2. The normalized spacial score (nSPS) is 12.2. The second-order valence-electron chi connectivity index (χ2n) is 6.20. The summed E-state index contributed by atoms with van der Waals surface area (Å²) in [6.07, 6.45) is 0. The summed E-state index contributed by atoms with van der Waals surface area (Å²) in [4.78, 5) is 3.34. The summed E-state index contributed by atoms with van der Waals surface area (Å²) in [6, 6.07) is 21.9. The Morgan fingerprint density at radius 3 is 2.64 bits per heavy atom. The summed E-state index contributed by atoms with van der Waals surface area (Å²) >= 11 is 0. The lowest BCUT2D eigenvalue weighted by Gasteiger charge is -2.16. The maximum absolute atomic E-state index is 13.3. The molecular formula is C21H20ClFN2. The van der Waals surface area contributed by atoms with Crippen LogP contribution in [0.5, 0.6) is 0 Å². The molecule has 0 radical (unpaired) electrons. The van der Waals surface area contributed by atoms with E-state index >= 15 is 0 Å². The van der Waals surface area contributed by atoms with Crippen LogP contribution < -0.4 is 5.32 Å². The van der Waals surface area contributed by atoms with E-state index in [0.29, 0.717) is 6.54 Å². The molecule has 1 unspecified atom stereocenters. The van der Waals surface area contributed by atoms with Crippen molar-refractivity contribution in [2.45, 2.75) is 19.5 Å². The van der Waals surface area contributed by atoms with Crippen molar-refractivity contribution in [3.8, 4) is 0 Å². The van der Waals surface area contributed by atoms with Crippen molar-refractivity contribution < 1.29 is 4.39 Å². The van der Waals surface area contributed by atoms with Crippen LogP contribution in [0, 0.1) is 5.82 Å². The zero-order valence-electron chi connectivity index (χ0n) is 13.9. The first-order valence-corrected chi connectivity index (χ1v) is 8.19. The molecule has 1 atom stereocenters. The van der Waals surface area contributed by atoms with Crippen LogP contribution in [0.1, 0.15) is 24.2 Å². The van der Waals surface area contributed by atoms with E-state index in [1.54, 1.807) is 12.1 Å². The molecule has 1 heterocycles. The van der Waals surface area contributed by atoms with Crippen molar-refractivity contribution in [3.63, 3.8) is 0 Å². The molecule has 1 aromatic heterocycles. The van der Waals surface area contributed by atoms with Gasteiger partial charge in [-0.2, -0.15) is 0 Å². The summed E-state index contributed by atoms with van der Waals surface area (Å²) in [7, 11) is 0. The van der Waals surface area contributed by atoms with E-state index in [0.717, 1.165) is 16.6 Å². The highest BCUT2D eigenvalue weighted by molar-refractivity contribution is 5.86. The fourth-order valence-electron chi connectivity index (χ4n) is 3.26. The van der Waals surface area contributed by atoms with Crippen LogP contribution in [-0.2, 0) is 6.54 Å². The summed E-state index contributed by atoms with van der Waals surface area (Å²) < 4.78 is 13.3. The van der Waals surface area contributed by atoms with Gasteiger partial charge in [-0.05, 0) is 47.5 Å². The van der Waals surface area contributed by atoms with Crippen LogP contribution in [0.15, 0.2) is 66.7 Å². The fourth-order valence-corrected chi connectivity index (χ4v) is 3.26. The third-order valence-corrected chi connectivity index (χ3v) is 4.53. The number of rotatable bonds is 4. The first-order chi connectivity index (χ1) is 11.7. The van der Waals surface area contributed by atoms with E-state index in [1.165, 1.54) is 22.4 Å². The molecule has 0 aliphatic carbocycles. The van der Waals surface area contributed by atoms with Crippen LogP contribution in [0.2, 0.25) is 0 Å². The Morgan fingerprint density at radius 2 is 1.76 bits per heavy atom. The van der Waals surface area contributed by atoms with Gasteiger partial charge in [0, 0.05) is 29.2 Å². The van der Waals surface area contributed by atoms with Gasteiger partial charge in [0.25, 0.3) is 0 Å². The lowest BCUT2D eigenvalue weighted by atomic mass is 10.00. The van der Waals surface area contributed by atoms with E-state index in [9.17, 15) is 4.39 Å². The first-order valence-electron chi connectivity index (χ1n) is 8.19. The van der Waals surface area contributed by atoms with Gasteiger partial charge in [-0.25, -0.2) is 4.39 Å². The first kappa shape index (κ1) is 17.5. The maximum atomic E-state index is 13.3. The van der Waals surface area contributed by atoms with E-state index in [1.807, 2.05) is 6.07 Å². The lowest BCUT2D eigenvalue weighted by Crippen LogP contribution is -2.18. The fraction of sp³-hybridized carbons (Fsp3) is 0.143. The number of aromatic nitrogens is 1. The molecule has 2 nitrogen and oxygen atoms in total. The Morgan fingerprint density at radius 1 is 0.960 bits per heavy atom. The standard InChI is InChI=1S/C21H19FN2.ClH/c1-14(19-8-4-6-15-5-2-3-7-20(15)19)23-13-18-12-16-11-17(22)9-10-21(16)24-18;/h2-12,14,23-24H,13H2,1H3;1H. The van der Waals surface area contributed by atoms with Crippen LogP contribution >= 0.6 is 12.4 Å². The Bertz CT molecular complexity index is 1000. The van der Waals surface area contributed by atoms with Gasteiger partial charge in [-0.15, -0.1) is 12.4 Å². The van der Waals surface area contributed by atoms with Crippen molar-refractivity contribution >= 4 is 34.1 Å². The monoisotopic (exact) mass is 354 g/mol. The molecule has 2 N–H and O–H groups in total. The zero-order chi connectivity index (χ0) is 16.5. The highest BCUT2D eigenvalue weighted by Gasteiger charge is 2.09. The van der Waals surface area contributed by atoms with Crippen molar-refractivity contribution in [2.75, 3.05) is 0 Å². The highest BCUT2D eigenvalue weighted by Crippen LogP contribution is 2.24. The molecule has 0 saturated heterocycles. The number of aromatic amines is 1. The summed E-state index contributed by atoms with van der Waals surface area (Å²) in [6.45, 7) is 2.88. The number of hydrogen-bond acceptors (Lipinski definition) is 1. The van der Waals surface area contributed by atoms with E-state index in [4.69, 9.17) is 0 Å². The van der Waals surface area contributed by atoms with Crippen LogP contribution in [0.4, 0.5) is 4.39 Å². The Balaban J connectivity index is 0.00000182. The quantitative estimate of drug-likeness (QED) is 0.481. The molecular weight excluding hydrogens is 335 g/mol. The smallest absolute Gasteiger partial charge is 0.123 e. The van der Waals surface area contributed by atoms with Crippen LogP contribution in [-0.4, -0.2) is 4.98 Å². The van der Waals surface area contributed by atoms with Gasteiger partial charge in [-0.1, -0.05) is 42.5 Å². The molecule has 4 aromatic rings. The SMILES string of the molecule is CC(NCc1cc2cc(F)ccc2[nH]1)c1cccc2ccccc12.Cl. The Hall–Kier alpha value is -2.36. The van der Waals surface area contributed by atoms with E-state index in [-0.39, 0.29) is 24.3 Å². The second-order valence-corrected chi connectivity index (χ2v) is 6.20. The maximum Gasteiger partial charge on any atom is 0.123 e. The Kier molecular flexibility index (Phi) is 5.07. The molecule has 0 bridgehead atoms. The Labute approximate surface area is 152 Å². The minimum atomic E-state index is -0.204. The van der Waals surface area contributed by atoms with E-state index < -0.39 is 0 Å².